The monoisotopic (exact) mass is 401 g/mol. The minimum absolute atomic E-state index is 0.144. The molecule has 2 aromatic carbocycles. The van der Waals surface area contributed by atoms with Crippen molar-refractivity contribution in [3.63, 3.8) is 0 Å². The molecule has 0 unspecified atom stereocenters. The molecule has 0 saturated heterocycles. The zero-order chi connectivity index (χ0) is 19.5. The van der Waals surface area contributed by atoms with Gasteiger partial charge in [-0.1, -0.05) is 16.8 Å². The van der Waals surface area contributed by atoms with Gasteiger partial charge in [-0.2, -0.15) is 4.98 Å². The number of fused-ring (bicyclic) bond motifs is 1. The van der Waals surface area contributed by atoms with Crippen LogP contribution in [0.3, 0.4) is 0 Å². The van der Waals surface area contributed by atoms with Crippen molar-refractivity contribution in [1.82, 2.24) is 15.5 Å². The maximum atomic E-state index is 12.1. The number of hydrogen-bond donors (Lipinski definition) is 1. The molecule has 8 nitrogen and oxygen atoms in total. The molecule has 1 amide bonds. The lowest BCUT2D eigenvalue weighted by molar-refractivity contribution is -0.123. The van der Waals surface area contributed by atoms with Crippen LogP contribution in [0.15, 0.2) is 47.0 Å². The van der Waals surface area contributed by atoms with Gasteiger partial charge in [0, 0.05) is 10.6 Å². The Morgan fingerprint density at radius 3 is 2.82 bits per heavy atom. The Kier molecular flexibility index (Phi) is 5.03. The molecule has 0 aliphatic carbocycles. The van der Waals surface area contributed by atoms with Crippen LogP contribution < -0.4 is 19.5 Å². The Bertz CT molecular complexity index is 989. The number of nitrogens with one attached hydrogen (secondary N) is 1. The fraction of sp³-hybridized carbons (Fsp3) is 0.211. The van der Waals surface area contributed by atoms with Crippen molar-refractivity contribution in [2.45, 2.75) is 13.0 Å². The first-order chi connectivity index (χ1) is 13.6. The minimum atomic E-state index is -0.475. The van der Waals surface area contributed by atoms with Gasteiger partial charge in [0.15, 0.2) is 18.1 Å². The number of nitrogens with zero attached hydrogens (tertiary/aromatic N) is 2. The number of rotatable bonds is 6. The zero-order valence-corrected chi connectivity index (χ0v) is 15.6. The van der Waals surface area contributed by atoms with Gasteiger partial charge >= 0.3 is 0 Å². The van der Waals surface area contributed by atoms with E-state index in [4.69, 9.17) is 30.3 Å². The lowest BCUT2D eigenvalue weighted by Gasteiger charge is -2.10. The lowest BCUT2D eigenvalue weighted by atomic mass is 10.2. The van der Waals surface area contributed by atoms with Crippen molar-refractivity contribution >= 4 is 17.5 Å². The van der Waals surface area contributed by atoms with Crippen molar-refractivity contribution in [1.29, 1.82) is 0 Å². The fourth-order valence-electron chi connectivity index (χ4n) is 2.59. The molecule has 3 aromatic rings. The maximum Gasteiger partial charge on any atom is 0.258 e. The van der Waals surface area contributed by atoms with Crippen LogP contribution in [0.4, 0.5) is 0 Å². The lowest BCUT2D eigenvalue weighted by Crippen LogP contribution is -2.31. The standard InChI is InChI=1S/C19H16ClN3O5/c1-11(21-17(24)9-25-14-5-3-13(20)4-6-14)19-22-18(23-28-19)12-2-7-15-16(8-12)27-10-26-15/h2-8,11H,9-10H2,1H3,(H,21,24)/t11-/m1/s1. The molecule has 1 aliphatic rings. The van der Waals surface area contributed by atoms with Crippen molar-refractivity contribution in [3.8, 4) is 28.6 Å². The van der Waals surface area contributed by atoms with Gasteiger partial charge in [0.2, 0.25) is 18.5 Å². The van der Waals surface area contributed by atoms with E-state index in [1.165, 1.54) is 0 Å². The fourth-order valence-corrected chi connectivity index (χ4v) is 2.71. The molecule has 2 heterocycles. The van der Waals surface area contributed by atoms with Crippen molar-refractivity contribution in [2.24, 2.45) is 0 Å². The highest BCUT2D eigenvalue weighted by atomic mass is 35.5. The molecule has 1 aliphatic heterocycles. The Hall–Kier alpha value is -3.26. The molecule has 0 spiro atoms. The SMILES string of the molecule is C[C@@H](NC(=O)COc1ccc(Cl)cc1)c1nc(-c2ccc3c(c2)OCO3)no1. The minimum Gasteiger partial charge on any atom is -0.484 e. The van der Waals surface area contributed by atoms with E-state index >= 15 is 0 Å². The highest BCUT2D eigenvalue weighted by Crippen LogP contribution is 2.35. The Labute approximate surface area is 165 Å². The number of carbonyl (C=O) groups is 1. The summed E-state index contributed by atoms with van der Waals surface area (Å²) in [6.45, 7) is 1.80. The second-order valence-electron chi connectivity index (χ2n) is 6.06. The summed E-state index contributed by atoms with van der Waals surface area (Å²) in [5, 5.41) is 7.32. The second kappa shape index (κ2) is 7.77. The van der Waals surface area contributed by atoms with E-state index in [1.807, 2.05) is 6.07 Å². The first-order valence-electron chi connectivity index (χ1n) is 8.50. The number of halogens is 1. The van der Waals surface area contributed by atoms with Crippen molar-refractivity contribution in [2.75, 3.05) is 13.4 Å². The number of benzene rings is 2. The van der Waals surface area contributed by atoms with Crippen molar-refractivity contribution in [3.05, 3.63) is 53.4 Å². The van der Waals surface area contributed by atoms with Crippen LogP contribution in [0, 0.1) is 0 Å². The van der Waals surface area contributed by atoms with Gasteiger partial charge in [-0.3, -0.25) is 4.79 Å². The highest BCUT2D eigenvalue weighted by molar-refractivity contribution is 6.30. The molecular formula is C19H16ClN3O5. The van der Waals surface area contributed by atoms with Gasteiger partial charge in [0.1, 0.15) is 11.8 Å². The maximum absolute atomic E-state index is 12.1. The van der Waals surface area contributed by atoms with Gasteiger partial charge in [-0.25, -0.2) is 0 Å². The molecule has 0 fully saturated rings. The summed E-state index contributed by atoms with van der Waals surface area (Å²) in [6, 6.07) is 11.7. The molecule has 28 heavy (non-hydrogen) atoms. The third kappa shape index (κ3) is 4.01. The van der Waals surface area contributed by atoms with E-state index in [0.717, 1.165) is 5.56 Å². The third-order valence-electron chi connectivity index (χ3n) is 4.00. The van der Waals surface area contributed by atoms with E-state index in [1.54, 1.807) is 43.3 Å². The van der Waals surface area contributed by atoms with E-state index in [2.05, 4.69) is 15.5 Å². The number of hydrogen-bond acceptors (Lipinski definition) is 7. The molecule has 1 N–H and O–H groups in total. The van der Waals surface area contributed by atoms with Crippen LogP contribution >= 0.6 is 11.6 Å². The first-order valence-corrected chi connectivity index (χ1v) is 8.87. The topological polar surface area (TPSA) is 95.7 Å². The highest BCUT2D eigenvalue weighted by Gasteiger charge is 2.20. The molecule has 0 bridgehead atoms. The summed E-state index contributed by atoms with van der Waals surface area (Å²) in [5.41, 5.74) is 0.726. The molecule has 1 aromatic heterocycles. The summed E-state index contributed by atoms with van der Waals surface area (Å²) in [5.74, 6) is 2.22. The van der Waals surface area contributed by atoms with Crippen LogP contribution in [0.1, 0.15) is 18.9 Å². The first kappa shape index (κ1) is 18.1. The van der Waals surface area contributed by atoms with E-state index in [0.29, 0.717) is 28.1 Å². The smallest absolute Gasteiger partial charge is 0.258 e. The molecule has 0 saturated carbocycles. The molecule has 9 heteroatoms. The zero-order valence-electron chi connectivity index (χ0n) is 14.8. The van der Waals surface area contributed by atoms with Gasteiger partial charge < -0.3 is 24.1 Å². The quantitative estimate of drug-likeness (QED) is 0.676. The van der Waals surface area contributed by atoms with Crippen molar-refractivity contribution < 1.29 is 23.5 Å². The normalized spacial score (nSPS) is 13.2. The summed E-state index contributed by atoms with van der Waals surface area (Å²) < 4.78 is 21.3. The van der Waals surface area contributed by atoms with E-state index in [-0.39, 0.29) is 25.2 Å². The van der Waals surface area contributed by atoms with Crippen LogP contribution in [0.25, 0.3) is 11.4 Å². The van der Waals surface area contributed by atoms with Crippen LogP contribution in [0.5, 0.6) is 17.2 Å². The summed E-state index contributed by atoms with van der Waals surface area (Å²) in [4.78, 5) is 16.4. The number of ether oxygens (including phenoxy) is 3. The summed E-state index contributed by atoms with van der Waals surface area (Å²) in [6.07, 6.45) is 0. The predicted molar refractivity (Wildman–Crippen MR) is 99.4 cm³/mol. The van der Waals surface area contributed by atoms with E-state index < -0.39 is 6.04 Å². The Balaban J connectivity index is 1.35. The number of carbonyl (C=O) groups excluding carboxylic acids is 1. The molecule has 0 radical (unpaired) electrons. The average Bonchev–Trinajstić information content (AvgIpc) is 3.36. The van der Waals surface area contributed by atoms with Gasteiger partial charge in [0.05, 0.1) is 0 Å². The third-order valence-corrected chi connectivity index (χ3v) is 4.26. The average molecular weight is 402 g/mol. The predicted octanol–water partition coefficient (Wildman–Crippen LogP) is 3.37. The summed E-state index contributed by atoms with van der Waals surface area (Å²) in [7, 11) is 0. The Morgan fingerprint density at radius 1 is 1.21 bits per heavy atom. The molecule has 144 valence electrons. The largest absolute Gasteiger partial charge is 0.484 e. The van der Waals surface area contributed by atoms with Gasteiger partial charge in [-0.15, -0.1) is 0 Å². The van der Waals surface area contributed by atoms with E-state index in [9.17, 15) is 4.79 Å². The molecular weight excluding hydrogens is 386 g/mol. The van der Waals surface area contributed by atoms with Crippen LogP contribution in [0.2, 0.25) is 5.02 Å². The summed E-state index contributed by atoms with van der Waals surface area (Å²) >= 11 is 5.81. The number of amides is 1. The van der Waals surface area contributed by atoms with Crippen LogP contribution in [-0.4, -0.2) is 29.4 Å². The molecule has 1 atom stereocenters. The van der Waals surface area contributed by atoms with Gasteiger partial charge in [0.25, 0.3) is 5.91 Å². The molecule has 4 rings (SSSR count). The Morgan fingerprint density at radius 2 is 2.00 bits per heavy atom. The van der Waals surface area contributed by atoms with Gasteiger partial charge in [-0.05, 0) is 49.4 Å². The number of aromatic nitrogens is 2. The van der Waals surface area contributed by atoms with Crippen LogP contribution in [-0.2, 0) is 4.79 Å². The second-order valence-corrected chi connectivity index (χ2v) is 6.49.